The number of carboxylic acid groups (broad SMARTS) is 2. The van der Waals surface area contributed by atoms with E-state index < -0.39 is 53.9 Å². The molecule has 0 radical (unpaired) electrons. The van der Waals surface area contributed by atoms with Gasteiger partial charge in [-0.1, -0.05) is 103 Å². The van der Waals surface area contributed by atoms with Crippen molar-refractivity contribution in [2.24, 2.45) is 0 Å². The van der Waals surface area contributed by atoms with E-state index in [9.17, 15) is 44.3 Å². The van der Waals surface area contributed by atoms with Crippen molar-refractivity contribution < 1.29 is 53.3 Å². The first-order chi connectivity index (χ1) is 27.9. The first-order valence-corrected chi connectivity index (χ1v) is 18.4. The fourth-order valence-corrected chi connectivity index (χ4v) is 5.87. The van der Waals surface area contributed by atoms with Gasteiger partial charge in [0.2, 0.25) is 0 Å². The fraction of sp³-hybridized carbons (Fsp3) is 0.310. The van der Waals surface area contributed by atoms with Crippen LogP contribution in [0.4, 0.5) is 5.69 Å². The third-order valence-electron chi connectivity index (χ3n) is 8.83. The van der Waals surface area contributed by atoms with E-state index in [1.807, 2.05) is 18.2 Å². The lowest BCUT2D eigenvalue weighted by Crippen LogP contribution is -2.51. The molecule has 0 spiro atoms. The lowest BCUT2D eigenvalue weighted by molar-refractivity contribution is -0.384. The molecular weight excluding hydrogens is 752 g/mol. The molecule has 306 valence electrons. The zero-order valence-electron chi connectivity index (χ0n) is 31.8. The Balaban J connectivity index is 1.62. The quantitative estimate of drug-likeness (QED) is 0.0423. The summed E-state index contributed by atoms with van der Waals surface area (Å²) < 4.78 is 16.8. The highest BCUT2D eigenvalue weighted by atomic mass is 16.6. The van der Waals surface area contributed by atoms with Crippen LogP contribution in [-0.2, 0) is 64.4 Å². The molecule has 0 aliphatic rings. The molecule has 4 aromatic rings. The van der Waals surface area contributed by atoms with E-state index in [4.69, 9.17) is 14.2 Å². The average Bonchev–Trinajstić information content (AvgIpc) is 3.21. The Morgan fingerprint density at radius 2 is 0.931 bits per heavy atom. The van der Waals surface area contributed by atoms with Gasteiger partial charge in [0.1, 0.15) is 25.9 Å². The second-order valence-electron chi connectivity index (χ2n) is 13.3. The zero-order valence-corrected chi connectivity index (χ0v) is 31.8. The number of hydrogen-bond acceptors (Lipinski definition) is 13. The number of rotatable bonds is 25. The summed E-state index contributed by atoms with van der Waals surface area (Å²) in [6, 6.07) is 31.5. The fourth-order valence-electron chi connectivity index (χ4n) is 5.87. The SMILES string of the molecule is O=C(O)CN(CCN(CCN(CC(=O)OCc1ccccc1)CC(=O)OCc1ccccc1)[C@@H](Cc1ccc([N+](=O)[O-])cc1)C(=O)OCc1ccccc1)CC(=O)O. The summed E-state index contributed by atoms with van der Waals surface area (Å²) in [5, 5.41) is 30.4. The number of nitro benzene ring substituents is 1. The minimum Gasteiger partial charge on any atom is -0.480 e. The van der Waals surface area contributed by atoms with Crippen LogP contribution < -0.4 is 0 Å². The van der Waals surface area contributed by atoms with Gasteiger partial charge in [-0.05, 0) is 28.7 Å². The average molecular weight is 799 g/mol. The summed E-state index contributed by atoms with van der Waals surface area (Å²) in [4.78, 5) is 78.8. The standard InChI is InChI=1S/C42H46N4O12/c47-38(48)25-43(26-39(49)50)20-22-45(37(24-32-16-18-36(19-17-32)46(54)55)42(53)58-31-35-14-8-3-9-15-35)23-21-44(27-40(51)56-29-33-10-4-1-5-11-33)28-41(52)57-30-34-12-6-2-7-13-34/h1-19,37H,20-31H2,(H,47,48)(H,49,50)/t37-/m0/s1. The number of ether oxygens (including phenoxy) is 3. The first-order valence-electron chi connectivity index (χ1n) is 18.4. The maximum atomic E-state index is 14.0. The molecule has 4 rings (SSSR count). The van der Waals surface area contributed by atoms with Crippen LogP contribution in [0.25, 0.3) is 0 Å². The molecule has 0 aromatic heterocycles. The summed E-state index contributed by atoms with van der Waals surface area (Å²) in [5.41, 5.74) is 2.60. The van der Waals surface area contributed by atoms with Gasteiger partial charge in [-0.3, -0.25) is 48.8 Å². The largest absolute Gasteiger partial charge is 0.480 e. The summed E-state index contributed by atoms with van der Waals surface area (Å²) >= 11 is 0. The molecule has 0 saturated heterocycles. The number of non-ortho nitro benzene ring substituents is 1. The number of nitro groups is 1. The molecule has 0 aliphatic carbocycles. The van der Waals surface area contributed by atoms with Crippen LogP contribution in [0.5, 0.6) is 0 Å². The van der Waals surface area contributed by atoms with Crippen LogP contribution >= 0.6 is 0 Å². The molecule has 0 unspecified atom stereocenters. The number of carboxylic acids is 2. The second-order valence-corrected chi connectivity index (χ2v) is 13.3. The molecule has 0 bridgehead atoms. The van der Waals surface area contributed by atoms with E-state index in [1.54, 1.807) is 77.7 Å². The molecule has 0 heterocycles. The minimum absolute atomic E-state index is 0.00829. The molecular formula is C42H46N4O12. The normalized spacial score (nSPS) is 11.6. The number of benzene rings is 4. The van der Waals surface area contributed by atoms with Gasteiger partial charge in [0, 0.05) is 38.3 Å². The van der Waals surface area contributed by atoms with Crippen molar-refractivity contribution >= 4 is 35.5 Å². The van der Waals surface area contributed by atoms with Crippen molar-refractivity contribution in [2.45, 2.75) is 32.3 Å². The Hall–Kier alpha value is -6.49. The third-order valence-corrected chi connectivity index (χ3v) is 8.83. The molecule has 16 heteroatoms. The van der Waals surface area contributed by atoms with Crippen molar-refractivity contribution in [1.29, 1.82) is 0 Å². The number of aliphatic carboxylic acids is 2. The smallest absolute Gasteiger partial charge is 0.324 e. The number of esters is 3. The van der Waals surface area contributed by atoms with Gasteiger partial charge in [0.15, 0.2) is 0 Å². The van der Waals surface area contributed by atoms with Crippen molar-refractivity contribution in [3.05, 3.63) is 148 Å². The highest BCUT2D eigenvalue weighted by molar-refractivity contribution is 5.77. The topological polar surface area (TPSA) is 206 Å². The summed E-state index contributed by atoms with van der Waals surface area (Å²) in [6.07, 6.45) is -0.0122. The van der Waals surface area contributed by atoms with E-state index in [-0.39, 0.29) is 71.2 Å². The predicted molar refractivity (Wildman–Crippen MR) is 209 cm³/mol. The highest BCUT2D eigenvalue weighted by Gasteiger charge is 2.30. The molecule has 0 amide bonds. The highest BCUT2D eigenvalue weighted by Crippen LogP contribution is 2.18. The van der Waals surface area contributed by atoms with Crippen molar-refractivity contribution in [1.82, 2.24) is 14.7 Å². The second kappa shape index (κ2) is 23.5. The third kappa shape index (κ3) is 16.3. The molecule has 4 aromatic carbocycles. The number of hydrogen-bond donors (Lipinski definition) is 2. The predicted octanol–water partition coefficient (Wildman–Crippen LogP) is 3.81. The van der Waals surface area contributed by atoms with Crippen LogP contribution in [0.15, 0.2) is 115 Å². The zero-order chi connectivity index (χ0) is 41.7. The Labute approximate surface area is 335 Å². The van der Waals surface area contributed by atoms with E-state index in [0.29, 0.717) is 11.1 Å². The van der Waals surface area contributed by atoms with Crippen LogP contribution in [-0.4, -0.2) is 118 Å². The van der Waals surface area contributed by atoms with E-state index >= 15 is 0 Å². The van der Waals surface area contributed by atoms with Crippen molar-refractivity contribution in [3.8, 4) is 0 Å². The Morgan fingerprint density at radius 3 is 1.33 bits per heavy atom. The monoisotopic (exact) mass is 798 g/mol. The van der Waals surface area contributed by atoms with Gasteiger partial charge in [-0.25, -0.2) is 0 Å². The molecule has 16 nitrogen and oxygen atoms in total. The molecule has 0 aliphatic heterocycles. The van der Waals surface area contributed by atoms with Gasteiger partial charge >= 0.3 is 29.8 Å². The molecule has 1 atom stereocenters. The maximum absolute atomic E-state index is 14.0. The van der Waals surface area contributed by atoms with E-state index in [0.717, 1.165) is 11.1 Å². The number of carbonyl (C=O) groups excluding carboxylic acids is 3. The molecule has 0 fully saturated rings. The maximum Gasteiger partial charge on any atom is 0.324 e. The number of carbonyl (C=O) groups is 5. The van der Waals surface area contributed by atoms with Gasteiger partial charge in [0.25, 0.3) is 5.69 Å². The van der Waals surface area contributed by atoms with Gasteiger partial charge in [0.05, 0.1) is 31.1 Å². The van der Waals surface area contributed by atoms with Crippen LogP contribution in [0.2, 0.25) is 0 Å². The van der Waals surface area contributed by atoms with Crippen molar-refractivity contribution in [2.75, 3.05) is 52.4 Å². The van der Waals surface area contributed by atoms with E-state index in [1.165, 1.54) is 34.1 Å². The van der Waals surface area contributed by atoms with Gasteiger partial charge < -0.3 is 24.4 Å². The first kappa shape index (κ1) is 44.2. The van der Waals surface area contributed by atoms with Crippen molar-refractivity contribution in [3.63, 3.8) is 0 Å². The number of nitrogens with zero attached hydrogens (tertiary/aromatic N) is 4. The lowest BCUT2D eigenvalue weighted by atomic mass is 10.0. The minimum atomic E-state index is -1.26. The van der Waals surface area contributed by atoms with Crippen LogP contribution in [0.1, 0.15) is 22.3 Å². The lowest BCUT2D eigenvalue weighted by Gasteiger charge is -2.33. The van der Waals surface area contributed by atoms with Gasteiger partial charge in [-0.15, -0.1) is 0 Å². The molecule has 0 saturated carbocycles. The van der Waals surface area contributed by atoms with E-state index in [2.05, 4.69) is 0 Å². The molecule has 2 N–H and O–H groups in total. The molecule has 58 heavy (non-hydrogen) atoms. The van der Waals surface area contributed by atoms with Crippen LogP contribution in [0, 0.1) is 10.1 Å². The summed E-state index contributed by atoms with van der Waals surface area (Å²) in [6.45, 7) is -2.16. The van der Waals surface area contributed by atoms with Gasteiger partial charge in [-0.2, -0.15) is 0 Å². The Kier molecular flexibility index (Phi) is 18.0. The Bertz CT molecular complexity index is 1860. The van der Waals surface area contributed by atoms with Crippen LogP contribution in [0.3, 0.4) is 0 Å². The Morgan fingerprint density at radius 1 is 0.534 bits per heavy atom. The summed E-state index contributed by atoms with van der Waals surface area (Å²) in [7, 11) is 0. The summed E-state index contributed by atoms with van der Waals surface area (Å²) in [5.74, 6) is -4.46.